The molecule has 2 rings (SSSR count). The molecule has 112 valence electrons. The van der Waals surface area contributed by atoms with Gasteiger partial charge in [-0.3, -0.25) is 0 Å². The highest BCUT2D eigenvalue weighted by Crippen LogP contribution is 2.34. The highest BCUT2D eigenvalue weighted by Gasteiger charge is 2.14. The molecule has 0 saturated heterocycles. The Morgan fingerprint density at radius 2 is 1.29 bits per heavy atom. The van der Waals surface area contributed by atoms with Crippen molar-refractivity contribution >= 4 is 5.69 Å². The second-order valence-corrected chi connectivity index (χ2v) is 6.73. The molecule has 0 spiro atoms. The molecule has 0 fully saturated rings. The third-order valence-corrected chi connectivity index (χ3v) is 3.72. The Kier molecular flexibility index (Phi) is 5.06. The van der Waals surface area contributed by atoms with E-state index in [-0.39, 0.29) is 0 Å². The second-order valence-electron chi connectivity index (χ2n) is 6.73. The molecule has 0 saturated carbocycles. The zero-order chi connectivity index (χ0) is 15.4. The molecule has 21 heavy (non-hydrogen) atoms. The molecule has 1 nitrogen and oxygen atoms in total. The Bertz CT molecular complexity index is 568. The van der Waals surface area contributed by atoms with Crippen LogP contribution in [-0.4, -0.2) is 0 Å². The monoisotopic (exact) mass is 281 g/mol. The van der Waals surface area contributed by atoms with Gasteiger partial charge in [-0.05, 0) is 47.4 Å². The SMILES string of the molecule is CC(C)Cc1cccc(CC(C)C)c1-c1ccccc1N. The summed E-state index contributed by atoms with van der Waals surface area (Å²) in [5, 5.41) is 0. The molecule has 0 aromatic heterocycles. The summed E-state index contributed by atoms with van der Waals surface area (Å²) in [5.74, 6) is 1.28. The third kappa shape index (κ3) is 3.87. The zero-order valence-corrected chi connectivity index (χ0v) is 13.7. The van der Waals surface area contributed by atoms with Crippen molar-refractivity contribution in [3.05, 3.63) is 53.6 Å². The topological polar surface area (TPSA) is 26.0 Å². The van der Waals surface area contributed by atoms with Gasteiger partial charge in [-0.1, -0.05) is 64.1 Å². The van der Waals surface area contributed by atoms with Gasteiger partial charge in [0.05, 0.1) is 0 Å². The van der Waals surface area contributed by atoms with Gasteiger partial charge in [0.2, 0.25) is 0 Å². The first kappa shape index (κ1) is 15.6. The average Bonchev–Trinajstić information content (AvgIpc) is 2.39. The zero-order valence-electron chi connectivity index (χ0n) is 13.7. The molecule has 2 aromatic carbocycles. The van der Waals surface area contributed by atoms with Gasteiger partial charge in [-0.2, -0.15) is 0 Å². The Morgan fingerprint density at radius 1 is 0.762 bits per heavy atom. The van der Waals surface area contributed by atoms with Crippen LogP contribution in [0.5, 0.6) is 0 Å². The molecule has 0 radical (unpaired) electrons. The normalized spacial score (nSPS) is 11.3. The third-order valence-electron chi connectivity index (χ3n) is 3.72. The lowest BCUT2D eigenvalue weighted by atomic mass is 9.86. The summed E-state index contributed by atoms with van der Waals surface area (Å²) in [6, 6.07) is 14.9. The minimum atomic E-state index is 0.642. The molecule has 1 heteroatoms. The maximum atomic E-state index is 6.25. The summed E-state index contributed by atoms with van der Waals surface area (Å²) in [4.78, 5) is 0. The number of nitrogens with two attached hydrogens (primary N) is 1. The Labute approximate surface area is 129 Å². The molecule has 0 bridgehead atoms. The lowest BCUT2D eigenvalue weighted by Crippen LogP contribution is -2.04. The summed E-state index contributed by atoms with van der Waals surface area (Å²) >= 11 is 0. The number of nitrogen functional groups attached to an aromatic ring is 1. The number of rotatable bonds is 5. The predicted octanol–water partition coefficient (Wildman–Crippen LogP) is 5.33. The lowest BCUT2D eigenvalue weighted by molar-refractivity contribution is 0.638. The van der Waals surface area contributed by atoms with Gasteiger partial charge in [-0.25, -0.2) is 0 Å². The van der Waals surface area contributed by atoms with E-state index in [0.717, 1.165) is 18.5 Å². The quantitative estimate of drug-likeness (QED) is 0.736. The summed E-state index contributed by atoms with van der Waals surface area (Å²) in [7, 11) is 0. The van der Waals surface area contributed by atoms with Crippen LogP contribution in [0.3, 0.4) is 0 Å². The van der Waals surface area contributed by atoms with Crippen LogP contribution in [0.25, 0.3) is 11.1 Å². The average molecular weight is 281 g/mol. The lowest BCUT2D eigenvalue weighted by Gasteiger charge is -2.19. The summed E-state index contributed by atoms with van der Waals surface area (Å²) in [6.07, 6.45) is 2.19. The molecule has 0 unspecified atom stereocenters. The van der Waals surface area contributed by atoms with E-state index in [1.165, 1.54) is 22.3 Å². The van der Waals surface area contributed by atoms with Crippen molar-refractivity contribution in [2.45, 2.75) is 40.5 Å². The molecule has 0 amide bonds. The van der Waals surface area contributed by atoms with Crippen LogP contribution in [0.4, 0.5) is 5.69 Å². The van der Waals surface area contributed by atoms with Crippen LogP contribution >= 0.6 is 0 Å². The summed E-state index contributed by atoms with van der Waals surface area (Å²) < 4.78 is 0. The molecular formula is C20H27N. The van der Waals surface area contributed by atoms with Crippen LogP contribution in [0.2, 0.25) is 0 Å². The summed E-state index contributed by atoms with van der Waals surface area (Å²) in [5.41, 5.74) is 12.5. The smallest absolute Gasteiger partial charge is 0.0393 e. The van der Waals surface area contributed by atoms with Crippen molar-refractivity contribution in [3.63, 3.8) is 0 Å². The van der Waals surface area contributed by atoms with E-state index < -0.39 is 0 Å². The molecule has 0 aliphatic heterocycles. The van der Waals surface area contributed by atoms with E-state index in [0.29, 0.717) is 11.8 Å². The fourth-order valence-corrected chi connectivity index (χ4v) is 2.94. The van der Waals surface area contributed by atoms with E-state index in [9.17, 15) is 0 Å². The highest BCUT2D eigenvalue weighted by atomic mass is 14.6. The first-order valence-corrected chi connectivity index (χ1v) is 7.94. The molecular weight excluding hydrogens is 254 g/mol. The Morgan fingerprint density at radius 3 is 1.76 bits per heavy atom. The van der Waals surface area contributed by atoms with Crippen molar-refractivity contribution in [1.82, 2.24) is 0 Å². The van der Waals surface area contributed by atoms with Crippen LogP contribution in [0.15, 0.2) is 42.5 Å². The minimum absolute atomic E-state index is 0.642. The number of hydrogen-bond donors (Lipinski definition) is 1. The van der Waals surface area contributed by atoms with Gasteiger partial charge in [0, 0.05) is 11.3 Å². The van der Waals surface area contributed by atoms with Gasteiger partial charge < -0.3 is 5.73 Å². The maximum absolute atomic E-state index is 6.25. The minimum Gasteiger partial charge on any atom is -0.398 e. The molecule has 0 heterocycles. The van der Waals surface area contributed by atoms with Crippen LogP contribution < -0.4 is 5.73 Å². The predicted molar refractivity (Wildman–Crippen MR) is 93.4 cm³/mol. The molecule has 0 aliphatic rings. The number of para-hydroxylation sites is 1. The van der Waals surface area contributed by atoms with Gasteiger partial charge in [0.25, 0.3) is 0 Å². The molecule has 0 atom stereocenters. The number of anilines is 1. The van der Waals surface area contributed by atoms with Crippen molar-refractivity contribution < 1.29 is 0 Å². The van der Waals surface area contributed by atoms with E-state index in [2.05, 4.69) is 58.0 Å². The van der Waals surface area contributed by atoms with Gasteiger partial charge in [-0.15, -0.1) is 0 Å². The van der Waals surface area contributed by atoms with Gasteiger partial charge in [0.15, 0.2) is 0 Å². The largest absolute Gasteiger partial charge is 0.398 e. The van der Waals surface area contributed by atoms with E-state index >= 15 is 0 Å². The molecule has 2 N–H and O–H groups in total. The number of hydrogen-bond acceptors (Lipinski definition) is 1. The van der Waals surface area contributed by atoms with E-state index in [4.69, 9.17) is 5.73 Å². The second kappa shape index (κ2) is 6.80. The first-order valence-electron chi connectivity index (χ1n) is 7.94. The molecule has 0 aliphatic carbocycles. The van der Waals surface area contributed by atoms with Crippen molar-refractivity contribution in [2.75, 3.05) is 5.73 Å². The summed E-state index contributed by atoms with van der Waals surface area (Å²) in [6.45, 7) is 9.08. The first-order chi connectivity index (χ1) is 9.99. The van der Waals surface area contributed by atoms with E-state index in [1.807, 2.05) is 12.1 Å². The van der Waals surface area contributed by atoms with Crippen molar-refractivity contribution in [3.8, 4) is 11.1 Å². The van der Waals surface area contributed by atoms with Gasteiger partial charge >= 0.3 is 0 Å². The highest BCUT2D eigenvalue weighted by molar-refractivity contribution is 5.81. The van der Waals surface area contributed by atoms with Crippen molar-refractivity contribution in [1.29, 1.82) is 0 Å². The van der Waals surface area contributed by atoms with Crippen LogP contribution in [-0.2, 0) is 12.8 Å². The Hall–Kier alpha value is -1.76. The number of benzene rings is 2. The fraction of sp³-hybridized carbons (Fsp3) is 0.400. The van der Waals surface area contributed by atoms with Crippen LogP contribution in [0.1, 0.15) is 38.8 Å². The Balaban J connectivity index is 2.60. The standard InChI is InChI=1S/C20H27N/c1-14(2)12-16-8-7-9-17(13-15(3)4)20(16)18-10-5-6-11-19(18)21/h5-11,14-15H,12-13,21H2,1-4H3. The maximum Gasteiger partial charge on any atom is 0.0393 e. The van der Waals surface area contributed by atoms with Gasteiger partial charge in [0.1, 0.15) is 0 Å². The van der Waals surface area contributed by atoms with E-state index in [1.54, 1.807) is 0 Å². The van der Waals surface area contributed by atoms with Crippen molar-refractivity contribution in [2.24, 2.45) is 11.8 Å². The fourth-order valence-electron chi connectivity index (χ4n) is 2.94. The molecule has 2 aromatic rings. The van der Waals surface area contributed by atoms with Crippen LogP contribution in [0, 0.1) is 11.8 Å².